The van der Waals surface area contributed by atoms with Gasteiger partial charge in [-0.2, -0.15) is 9.04 Å². The van der Waals surface area contributed by atoms with Crippen LogP contribution in [0.2, 0.25) is 0 Å². The van der Waals surface area contributed by atoms with Gasteiger partial charge in [0.05, 0.1) is 12.6 Å². The van der Waals surface area contributed by atoms with E-state index in [2.05, 4.69) is 10.6 Å². The Morgan fingerprint density at radius 1 is 1.26 bits per heavy atom. The largest absolute Gasteiger partial charge is 0.618 e. The third kappa shape index (κ3) is 6.49. The van der Waals surface area contributed by atoms with Crippen LogP contribution in [0.5, 0.6) is 5.06 Å². The third-order valence-corrected chi connectivity index (χ3v) is 9.76. The maximum absolute atomic E-state index is 13.1. The molecule has 3 aromatic rings. The fourth-order valence-electron chi connectivity index (χ4n) is 4.13. The molecule has 0 saturated carbocycles. The molecular formula is C24H28N4O7S3. The highest BCUT2D eigenvalue weighted by Gasteiger charge is 2.37. The minimum absolute atomic E-state index is 0.0214. The molecule has 0 aromatic carbocycles. The molecule has 11 nitrogen and oxygen atoms in total. The van der Waals surface area contributed by atoms with Crippen molar-refractivity contribution >= 4 is 59.9 Å². The van der Waals surface area contributed by atoms with Crippen LogP contribution in [0, 0.1) is 11.1 Å². The summed E-state index contributed by atoms with van der Waals surface area (Å²) in [4.78, 5) is 38.7. The fourth-order valence-corrected chi connectivity index (χ4v) is 7.55. The number of nitrogens with one attached hydrogen (secondary N) is 2. The number of ketones is 1. The van der Waals surface area contributed by atoms with Crippen molar-refractivity contribution in [3.63, 3.8) is 0 Å². The van der Waals surface area contributed by atoms with Crippen LogP contribution in [-0.2, 0) is 19.6 Å². The van der Waals surface area contributed by atoms with E-state index in [4.69, 9.17) is 4.74 Å². The molecule has 0 aliphatic carbocycles. The Morgan fingerprint density at radius 2 is 2.05 bits per heavy atom. The van der Waals surface area contributed by atoms with Gasteiger partial charge in [0.25, 0.3) is 0 Å². The monoisotopic (exact) mass is 580 g/mol. The molecule has 2 atom stereocenters. The Hall–Kier alpha value is -3.07. The first kappa shape index (κ1) is 28.0. The topological polar surface area (TPSA) is 149 Å². The first-order valence-corrected chi connectivity index (χ1v) is 15.1. The molecule has 4 rings (SSSR count). The predicted octanol–water partition coefficient (Wildman–Crippen LogP) is 2.64. The number of pyridine rings is 1. The second-order valence-electron chi connectivity index (χ2n) is 9.30. The number of thiophene rings is 2. The van der Waals surface area contributed by atoms with Crippen molar-refractivity contribution in [3.8, 4) is 5.06 Å². The van der Waals surface area contributed by atoms with Crippen molar-refractivity contribution in [1.29, 1.82) is 0 Å². The first-order valence-electron chi connectivity index (χ1n) is 12.0. The summed E-state index contributed by atoms with van der Waals surface area (Å²) in [5, 5.41) is 19.2. The van der Waals surface area contributed by atoms with E-state index in [9.17, 15) is 28.0 Å². The lowest BCUT2D eigenvalue weighted by Gasteiger charge is -2.23. The normalized spacial score (nSPS) is 17.8. The lowest BCUT2D eigenvalue weighted by atomic mass is 10.0. The molecule has 4 heterocycles. The molecule has 14 heteroatoms. The number of aromatic nitrogens is 1. The Morgan fingerprint density at radius 3 is 2.76 bits per heavy atom. The minimum Gasteiger partial charge on any atom is -0.618 e. The van der Waals surface area contributed by atoms with E-state index in [1.54, 1.807) is 6.07 Å². The van der Waals surface area contributed by atoms with Crippen LogP contribution < -0.4 is 20.1 Å². The molecular weight excluding hydrogens is 552 g/mol. The van der Waals surface area contributed by atoms with Gasteiger partial charge in [0.1, 0.15) is 6.04 Å². The van der Waals surface area contributed by atoms with Crippen molar-refractivity contribution in [3.05, 3.63) is 47.1 Å². The number of hydrogen-bond donors (Lipinski definition) is 2. The summed E-state index contributed by atoms with van der Waals surface area (Å²) in [6.45, 7) is 3.33. The van der Waals surface area contributed by atoms with Crippen LogP contribution in [0.1, 0.15) is 33.1 Å². The maximum atomic E-state index is 13.1. The van der Waals surface area contributed by atoms with E-state index in [-0.39, 0.29) is 23.6 Å². The number of carbonyl (C=O) groups excluding carboxylic acids is 3. The molecule has 1 fully saturated rings. The predicted molar refractivity (Wildman–Crippen MR) is 142 cm³/mol. The lowest BCUT2D eigenvalue weighted by Crippen LogP contribution is -2.53. The number of amides is 2. The SMILES string of the molecule is CC(C)CC(NC(=O)Oc1cc2sccc2s1)C(=O)N[C@H]1CCCN(S(=O)(=O)c2cccc[n+]2[O-])CC1=O. The van der Waals surface area contributed by atoms with Gasteiger partial charge in [-0.25, -0.2) is 13.2 Å². The van der Waals surface area contributed by atoms with Crippen LogP contribution in [0.25, 0.3) is 9.40 Å². The van der Waals surface area contributed by atoms with Crippen molar-refractivity contribution in [2.45, 2.75) is 50.2 Å². The second kappa shape index (κ2) is 11.8. The summed E-state index contributed by atoms with van der Waals surface area (Å²) in [6.07, 6.45) is 1.11. The van der Waals surface area contributed by atoms with Crippen LogP contribution in [0.3, 0.4) is 0 Å². The molecule has 0 bridgehead atoms. The number of sulfonamides is 1. The highest BCUT2D eigenvalue weighted by molar-refractivity contribution is 7.89. The van der Waals surface area contributed by atoms with Crippen LogP contribution in [0.4, 0.5) is 4.79 Å². The Kier molecular flexibility index (Phi) is 8.65. The summed E-state index contributed by atoms with van der Waals surface area (Å²) in [6, 6.07) is 5.81. The highest BCUT2D eigenvalue weighted by Crippen LogP contribution is 2.35. The van der Waals surface area contributed by atoms with Crippen molar-refractivity contribution in [2.75, 3.05) is 13.1 Å². The molecule has 0 radical (unpaired) electrons. The minimum atomic E-state index is -4.21. The van der Waals surface area contributed by atoms with E-state index >= 15 is 0 Å². The van der Waals surface area contributed by atoms with Crippen molar-refractivity contribution in [2.24, 2.45) is 5.92 Å². The molecule has 1 saturated heterocycles. The zero-order chi connectivity index (χ0) is 27.4. The molecule has 0 spiro atoms. The zero-order valence-electron chi connectivity index (χ0n) is 20.8. The third-order valence-electron chi connectivity index (χ3n) is 5.96. The van der Waals surface area contributed by atoms with Gasteiger partial charge in [-0.15, -0.1) is 11.3 Å². The number of Topliss-reactive ketones (excluding diaryl/α,β-unsaturated/α-hetero) is 1. The number of rotatable bonds is 8. The highest BCUT2D eigenvalue weighted by atomic mass is 32.2. The van der Waals surface area contributed by atoms with Gasteiger partial charge in [0.15, 0.2) is 17.0 Å². The number of nitrogens with zero attached hydrogens (tertiary/aromatic N) is 2. The second-order valence-corrected chi connectivity index (χ2v) is 13.2. The summed E-state index contributed by atoms with van der Waals surface area (Å²) in [5.41, 5.74) is 0. The summed E-state index contributed by atoms with van der Waals surface area (Å²) in [5.74, 6) is -1.01. The van der Waals surface area contributed by atoms with Crippen LogP contribution in [-0.4, -0.2) is 55.7 Å². The van der Waals surface area contributed by atoms with Gasteiger partial charge in [-0.3, -0.25) is 9.59 Å². The molecule has 1 aliphatic heterocycles. The molecule has 2 amide bonds. The first-order chi connectivity index (χ1) is 18.0. The van der Waals surface area contributed by atoms with E-state index < -0.39 is 51.5 Å². The molecule has 38 heavy (non-hydrogen) atoms. The summed E-state index contributed by atoms with van der Waals surface area (Å²) in [7, 11) is -4.21. The van der Waals surface area contributed by atoms with Crippen LogP contribution in [0.15, 0.2) is 46.9 Å². The Bertz CT molecular complexity index is 1400. The standard InChI is InChI=1S/C24H28N4O7S3/c1-15(2)12-17(26-24(31)35-22-13-20-19(37-22)8-11-36-20)23(30)25-16-6-5-9-27(14-18(16)29)38(33,34)21-7-3-4-10-28(21)32/h3-4,7-8,10-11,13,15-17H,5-6,9,12,14H2,1-2H3,(H,25,30)(H,26,31)/t16-,17?/m0/s1. The number of fused-ring (bicyclic) bond motifs is 1. The maximum Gasteiger partial charge on any atom is 0.414 e. The molecule has 1 unspecified atom stereocenters. The van der Waals surface area contributed by atoms with E-state index in [1.807, 2.05) is 25.3 Å². The lowest BCUT2D eigenvalue weighted by molar-refractivity contribution is -0.646. The van der Waals surface area contributed by atoms with Crippen molar-refractivity contribution < 1.29 is 32.3 Å². The summed E-state index contributed by atoms with van der Waals surface area (Å²) < 4.78 is 34.5. The van der Waals surface area contributed by atoms with Gasteiger partial charge >= 0.3 is 21.1 Å². The van der Waals surface area contributed by atoms with E-state index in [0.717, 1.165) is 19.9 Å². The van der Waals surface area contributed by atoms with Gasteiger partial charge in [0.2, 0.25) is 5.91 Å². The molecule has 1 aliphatic rings. The van der Waals surface area contributed by atoms with E-state index in [0.29, 0.717) is 17.9 Å². The average Bonchev–Trinajstić information content (AvgIpc) is 3.38. The molecule has 2 N–H and O–H groups in total. The molecule has 3 aromatic heterocycles. The summed E-state index contributed by atoms with van der Waals surface area (Å²) >= 11 is 2.85. The molecule has 204 valence electrons. The van der Waals surface area contributed by atoms with Crippen molar-refractivity contribution in [1.82, 2.24) is 14.9 Å². The fraction of sp³-hybridized carbons (Fsp3) is 0.417. The van der Waals surface area contributed by atoms with E-state index in [1.165, 1.54) is 40.9 Å². The van der Waals surface area contributed by atoms with Gasteiger partial charge < -0.3 is 20.6 Å². The Balaban J connectivity index is 1.40. The van der Waals surface area contributed by atoms with Gasteiger partial charge in [0, 0.05) is 34.1 Å². The zero-order valence-corrected chi connectivity index (χ0v) is 23.2. The number of carbonyl (C=O) groups is 3. The average molecular weight is 581 g/mol. The smallest absolute Gasteiger partial charge is 0.414 e. The van der Waals surface area contributed by atoms with Gasteiger partial charge in [-0.05, 0) is 42.7 Å². The Labute approximate surface area is 228 Å². The van der Waals surface area contributed by atoms with Gasteiger partial charge in [-0.1, -0.05) is 25.2 Å². The number of hydrogen-bond acceptors (Lipinski definition) is 9. The van der Waals surface area contributed by atoms with Crippen LogP contribution >= 0.6 is 22.7 Å². The quantitative estimate of drug-likeness (QED) is 0.307. The number of ether oxygens (including phenoxy) is 1.